The van der Waals surface area contributed by atoms with Gasteiger partial charge in [0.25, 0.3) is 0 Å². The van der Waals surface area contributed by atoms with E-state index in [4.69, 9.17) is 4.74 Å². The second kappa shape index (κ2) is 5.93. The smallest absolute Gasteiger partial charge is 0.159 e. The Morgan fingerprint density at radius 3 is 2.50 bits per heavy atom. The maximum Gasteiger partial charge on any atom is 0.159 e. The van der Waals surface area contributed by atoms with E-state index < -0.39 is 0 Å². The van der Waals surface area contributed by atoms with E-state index in [0.29, 0.717) is 17.9 Å². The summed E-state index contributed by atoms with van der Waals surface area (Å²) in [6.07, 6.45) is 0. The molecule has 0 aliphatic rings. The van der Waals surface area contributed by atoms with E-state index in [0.717, 1.165) is 22.4 Å². The van der Waals surface area contributed by atoms with E-state index >= 15 is 0 Å². The first-order valence-electron chi connectivity index (χ1n) is 7.09. The van der Waals surface area contributed by atoms with E-state index in [1.165, 1.54) is 6.92 Å². The molecule has 1 aromatic heterocycles. The molecular weight excluding hydrogens is 276 g/mol. The van der Waals surface area contributed by atoms with Gasteiger partial charge in [-0.2, -0.15) is 0 Å². The van der Waals surface area contributed by atoms with Crippen molar-refractivity contribution in [1.82, 2.24) is 9.97 Å². The van der Waals surface area contributed by atoms with Gasteiger partial charge in [-0.3, -0.25) is 4.79 Å². The standard InChI is InChI=1S/C18H16N2O2/c1-12-18(20-17-9-4-3-8-16(17)19-12)11-22-15-7-5-6-14(10-15)13(2)21/h3-10H,11H2,1-2H3. The molecule has 0 N–H and O–H groups in total. The Morgan fingerprint density at radius 2 is 1.77 bits per heavy atom. The topological polar surface area (TPSA) is 52.1 Å². The highest BCUT2D eigenvalue weighted by atomic mass is 16.5. The van der Waals surface area contributed by atoms with Crippen LogP contribution in [0.4, 0.5) is 0 Å². The average Bonchev–Trinajstić information content (AvgIpc) is 2.53. The van der Waals surface area contributed by atoms with Crippen LogP contribution in [0.5, 0.6) is 5.75 Å². The number of fused-ring (bicyclic) bond motifs is 1. The van der Waals surface area contributed by atoms with Crippen molar-refractivity contribution in [3.8, 4) is 5.75 Å². The Kier molecular flexibility index (Phi) is 3.83. The number of aromatic nitrogens is 2. The SMILES string of the molecule is CC(=O)c1cccc(OCc2nc3ccccc3nc2C)c1. The summed E-state index contributed by atoms with van der Waals surface area (Å²) >= 11 is 0. The number of ether oxygens (including phenoxy) is 1. The van der Waals surface area contributed by atoms with Crippen molar-refractivity contribution in [2.45, 2.75) is 20.5 Å². The van der Waals surface area contributed by atoms with Crippen molar-refractivity contribution in [2.24, 2.45) is 0 Å². The molecule has 0 amide bonds. The molecule has 0 radical (unpaired) electrons. The van der Waals surface area contributed by atoms with E-state index in [2.05, 4.69) is 9.97 Å². The molecule has 0 bridgehead atoms. The molecule has 0 spiro atoms. The summed E-state index contributed by atoms with van der Waals surface area (Å²) in [4.78, 5) is 20.5. The highest BCUT2D eigenvalue weighted by Gasteiger charge is 2.07. The summed E-state index contributed by atoms with van der Waals surface area (Å²) in [7, 11) is 0. The van der Waals surface area contributed by atoms with Crippen LogP contribution < -0.4 is 4.74 Å². The Morgan fingerprint density at radius 1 is 1.05 bits per heavy atom. The highest BCUT2D eigenvalue weighted by Crippen LogP contribution is 2.17. The van der Waals surface area contributed by atoms with Crippen LogP contribution in [0, 0.1) is 6.92 Å². The number of hydrogen-bond acceptors (Lipinski definition) is 4. The van der Waals surface area contributed by atoms with Crippen molar-refractivity contribution in [2.75, 3.05) is 0 Å². The molecule has 22 heavy (non-hydrogen) atoms. The number of hydrogen-bond donors (Lipinski definition) is 0. The number of rotatable bonds is 4. The number of aryl methyl sites for hydroxylation is 1. The van der Waals surface area contributed by atoms with Gasteiger partial charge >= 0.3 is 0 Å². The van der Waals surface area contributed by atoms with Crippen LogP contribution in [0.3, 0.4) is 0 Å². The summed E-state index contributed by atoms with van der Waals surface area (Å²) in [5.74, 6) is 0.675. The largest absolute Gasteiger partial charge is 0.487 e. The average molecular weight is 292 g/mol. The molecule has 4 heteroatoms. The highest BCUT2D eigenvalue weighted by molar-refractivity contribution is 5.94. The lowest BCUT2D eigenvalue weighted by Crippen LogP contribution is -2.04. The van der Waals surface area contributed by atoms with Crippen LogP contribution >= 0.6 is 0 Å². The summed E-state index contributed by atoms with van der Waals surface area (Å²) in [5, 5.41) is 0. The molecule has 3 aromatic rings. The van der Waals surface area contributed by atoms with Gasteiger partial charge in [-0.05, 0) is 38.1 Å². The molecule has 0 aliphatic heterocycles. The first kappa shape index (κ1) is 14.2. The normalized spacial score (nSPS) is 10.6. The van der Waals surface area contributed by atoms with Gasteiger partial charge in [0.05, 0.1) is 22.4 Å². The van der Waals surface area contributed by atoms with Crippen molar-refractivity contribution in [3.05, 3.63) is 65.5 Å². The fraction of sp³-hybridized carbons (Fsp3) is 0.167. The lowest BCUT2D eigenvalue weighted by atomic mass is 10.1. The lowest BCUT2D eigenvalue weighted by Gasteiger charge is -2.09. The number of Topliss-reactive ketones (excluding diaryl/α,β-unsaturated/α-hetero) is 1. The molecule has 3 rings (SSSR count). The van der Waals surface area contributed by atoms with E-state index in [9.17, 15) is 4.79 Å². The molecule has 0 fully saturated rings. The molecule has 2 aromatic carbocycles. The van der Waals surface area contributed by atoms with Crippen LogP contribution in [0.15, 0.2) is 48.5 Å². The fourth-order valence-corrected chi connectivity index (χ4v) is 2.22. The van der Waals surface area contributed by atoms with Crippen molar-refractivity contribution in [3.63, 3.8) is 0 Å². The first-order chi connectivity index (χ1) is 10.6. The quantitative estimate of drug-likeness (QED) is 0.688. The minimum Gasteiger partial charge on any atom is -0.487 e. The molecule has 0 saturated heterocycles. The Hall–Kier alpha value is -2.75. The number of para-hydroxylation sites is 2. The lowest BCUT2D eigenvalue weighted by molar-refractivity contribution is 0.101. The minimum atomic E-state index is 0.0205. The van der Waals surface area contributed by atoms with Crippen LogP contribution in [0.2, 0.25) is 0 Å². The fourth-order valence-electron chi connectivity index (χ4n) is 2.22. The second-order valence-electron chi connectivity index (χ2n) is 5.12. The van der Waals surface area contributed by atoms with Crippen molar-refractivity contribution in [1.29, 1.82) is 0 Å². The Bertz CT molecular complexity index is 843. The van der Waals surface area contributed by atoms with Gasteiger partial charge in [0.1, 0.15) is 12.4 Å². The number of ketones is 1. The van der Waals surface area contributed by atoms with Crippen molar-refractivity contribution >= 4 is 16.8 Å². The second-order valence-corrected chi connectivity index (χ2v) is 5.12. The third kappa shape index (κ3) is 2.96. The van der Waals surface area contributed by atoms with Gasteiger partial charge in [0.2, 0.25) is 0 Å². The molecular formula is C18H16N2O2. The van der Waals surface area contributed by atoms with E-state index in [-0.39, 0.29) is 5.78 Å². The molecule has 0 saturated carbocycles. The first-order valence-corrected chi connectivity index (χ1v) is 7.09. The maximum atomic E-state index is 11.4. The summed E-state index contributed by atoms with van der Waals surface area (Å²) < 4.78 is 5.76. The van der Waals surface area contributed by atoms with Crippen LogP contribution in [-0.2, 0) is 6.61 Å². The molecule has 110 valence electrons. The van der Waals surface area contributed by atoms with Gasteiger partial charge < -0.3 is 4.74 Å². The molecule has 1 heterocycles. The van der Waals surface area contributed by atoms with E-state index in [1.807, 2.05) is 43.3 Å². The molecule has 4 nitrogen and oxygen atoms in total. The maximum absolute atomic E-state index is 11.4. The molecule has 0 atom stereocenters. The molecule has 0 aliphatic carbocycles. The summed E-state index contributed by atoms with van der Waals surface area (Å²) in [5.41, 5.74) is 4.01. The van der Waals surface area contributed by atoms with Crippen LogP contribution in [0.1, 0.15) is 28.7 Å². The van der Waals surface area contributed by atoms with Gasteiger partial charge in [0.15, 0.2) is 5.78 Å². The van der Waals surface area contributed by atoms with Gasteiger partial charge in [-0.15, -0.1) is 0 Å². The number of nitrogens with zero attached hydrogens (tertiary/aromatic N) is 2. The zero-order valence-electron chi connectivity index (χ0n) is 12.5. The molecule has 0 unspecified atom stereocenters. The van der Waals surface area contributed by atoms with E-state index in [1.54, 1.807) is 12.1 Å². The zero-order chi connectivity index (χ0) is 15.5. The number of carbonyl (C=O) groups is 1. The predicted molar refractivity (Wildman–Crippen MR) is 85.1 cm³/mol. The predicted octanol–water partition coefficient (Wildman–Crippen LogP) is 3.72. The van der Waals surface area contributed by atoms with Crippen LogP contribution in [0.25, 0.3) is 11.0 Å². The van der Waals surface area contributed by atoms with Crippen LogP contribution in [-0.4, -0.2) is 15.8 Å². The Balaban J connectivity index is 1.83. The number of benzene rings is 2. The van der Waals surface area contributed by atoms with Gasteiger partial charge in [-0.1, -0.05) is 24.3 Å². The Labute approximate surface area is 128 Å². The summed E-state index contributed by atoms with van der Waals surface area (Å²) in [6, 6.07) is 14.9. The zero-order valence-corrected chi connectivity index (χ0v) is 12.5. The van der Waals surface area contributed by atoms with Gasteiger partial charge in [0, 0.05) is 5.56 Å². The minimum absolute atomic E-state index is 0.0205. The third-order valence-electron chi connectivity index (χ3n) is 3.46. The van der Waals surface area contributed by atoms with Gasteiger partial charge in [-0.25, -0.2) is 9.97 Å². The number of carbonyl (C=O) groups excluding carboxylic acids is 1. The monoisotopic (exact) mass is 292 g/mol. The summed E-state index contributed by atoms with van der Waals surface area (Å²) in [6.45, 7) is 3.78. The third-order valence-corrected chi connectivity index (χ3v) is 3.46. The van der Waals surface area contributed by atoms with Crippen molar-refractivity contribution < 1.29 is 9.53 Å².